The van der Waals surface area contributed by atoms with Crippen molar-refractivity contribution in [3.8, 4) is 0 Å². The molecule has 0 aliphatic heterocycles. The average molecular weight is 809 g/mol. The van der Waals surface area contributed by atoms with Crippen molar-refractivity contribution in [1.82, 2.24) is 15.0 Å². The van der Waals surface area contributed by atoms with Crippen LogP contribution in [0.4, 0.5) is 0 Å². The smallest absolute Gasteiger partial charge is 0.260 e. The monoisotopic (exact) mass is 809 g/mol. The Morgan fingerprint density at radius 3 is 1.22 bits per heavy atom. The first-order valence-corrected chi connectivity index (χ1v) is 16.1. The van der Waals surface area contributed by atoms with E-state index in [1.54, 1.807) is 0 Å². The first-order chi connectivity index (χ1) is 23.6. The molecule has 0 aliphatic carbocycles. The predicted molar refractivity (Wildman–Crippen MR) is 195 cm³/mol. The van der Waals surface area contributed by atoms with E-state index in [1.807, 2.05) is 85.3 Å². The number of benzene rings is 5. The molecule has 8 rings (SSSR count). The van der Waals surface area contributed by atoms with Gasteiger partial charge in [-0.2, -0.15) is 66.7 Å². The van der Waals surface area contributed by atoms with Crippen LogP contribution in [-0.4, -0.2) is 15.0 Å². The quantitative estimate of drug-likeness (QED) is 0.157. The van der Waals surface area contributed by atoms with Crippen molar-refractivity contribution in [1.29, 1.82) is 0 Å². The molecule has 0 spiro atoms. The molecule has 0 bridgehead atoms. The number of nitrogens with zero attached hydrogens (tertiary/aromatic N) is 3. The molecule has 0 aliphatic rings. The van der Waals surface area contributed by atoms with Gasteiger partial charge in [-0.05, 0) is 50.2 Å². The summed E-state index contributed by atoms with van der Waals surface area (Å²) in [6.45, 7) is 4.36. The third kappa shape index (κ3) is 6.71. The van der Waals surface area contributed by atoms with Crippen molar-refractivity contribution in [2.75, 3.05) is 0 Å². The molecule has 0 unspecified atom stereocenters. The van der Waals surface area contributed by atoms with Gasteiger partial charge < -0.3 is 0 Å². The summed E-state index contributed by atoms with van der Waals surface area (Å²) in [4.78, 5) is 13.8. The summed E-state index contributed by atoms with van der Waals surface area (Å²) < 4.78 is 0. The Bertz CT molecular complexity index is 2080. The zero-order valence-corrected chi connectivity index (χ0v) is 29.7. The molecular formula is C45H34IrN3. The van der Waals surface area contributed by atoms with Crippen LogP contribution in [0.25, 0.3) is 21.5 Å². The Balaban J connectivity index is 0.000000176. The molecule has 4 heteroatoms. The van der Waals surface area contributed by atoms with Gasteiger partial charge in [0.1, 0.15) is 0 Å². The van der Waals surface area contributed by atoms with E-state index in [9.17, 15) is 0 Å². The fraction of sp³-hybridized carbons (Fsp3) is 0.0889. The maximum atomic E-state index is 4.72. The number of pyridine rings is 3. The zero-order chi connectivity index (χ0) is 32.8. The van der Waals surface area contributed by atoms with Gasteiger partial charge in [0.25, 0.3) is 0 Å². The standard InChI is InChI=1S/C27H19N.C18H15N2.Ir/c1-27(26-12-6-7-17-28-26,24-15-13-20-8-2-4-10-22(20)18-24)25-16-14-21-9-3-5-11-23(21)19-25;1-18(15-9-3-2-4-10-15,16-11-5-7-13-19-16)17-12-6-8-14-20-17;/h2-14,17-19H,1H3;2-9,11-14H,1H3;/q-2;-1;+3. The van der Waals surface area contributed by atoms with Gasteiger partial charge in [0, 0.05) is 24.0 Å². The van der Waals surface area contributed by atoms with E-state index in [2.05, 4.69) is 127 Å². The molecule has 3 nitrogen and oxygen atoms in total. The minimum absolute atomic E-state index is 0. The second-order valence-electron chi connectivity index (χ2n) is 12.1. The summed E-state index contributed by atoms with van der Waals surface area (Å²) in [6.07, 6.45) is 5.49. The third-order valence-corrected chi connectivity index (χ3v) is 9.21. The molecule has 49 heavy (non-hydrogen) atoms. The van der Waals surface area contributed by atoms with E-state index in [0.717, 1.165) is 33.8 Å². The molecule has 0 atom stereocenters. The molecule has 0 radical (unpaired) electrons. The molecule has 238 valence electrons. The van der Waals surface area contributed by atoms with Crippen molar-refractivity contribution in [3.63, 3.8) is 0 Å². The molecule has 0 amide bonds. The predicted octanol–water partition coefficient (Wildman–Crippen LogP) is 9.97. The molecular weight excluding hydrogens is 775 g/mol. The van der Waals surface area contributed by atoms with E-state index in [4.69, 9.17) is 4.98 Å². The normalized spacial score (nSPS) is 11.3. The fourth-order valence-electron chi connectivity index (χ4n) is 6.34. The van der Waals surface area contributed by atoms with Gasteiger partial charge in [-0.25, -0.2) is 0 Å². The van der Waals surface area contributed by atoms with Crippen LogP contribution in [0, 0.1) is 18.2 Å². The van der Waals surface area contributed by atoms with E-state index in [-0.39, 0.29) is 20.1 Å². The van der Waals surface area contributed by atoms with Crippen LogP contribution in [0.3, 0.4) is 0 Å². The van der Waals surface area contributed by atoms with Crippen molar-refractivity contribution in [3.05, 3.63) is 222 Å². The zero-order valence-electron chi connectivity index (χ0n) is 27.3. The van der Waals surface area contributed by atoms with E-state index in [1.165, 1.54) is 21.5 Å². The number of hydrogen-bond donors (Lipinski definition) is 0. The molecule has 3 heterocycles. The minimum atomic E-state index is -0.449. The van der Waals surface area contributed by atoms with Gasteiger partial charge in [0.05, 0.1) is 22.5 Å². The van der Waals surface area contributed by atoms with Gasteiger partial charge in [-0.15, -0.1) is 50.4 Å². The Hall–Kier alpha value is -5.28. The molecule has 0 saturated heterocycles. The van der Waals surface area contributed by atoms with Crippen LogP contribution >= 0.6 is 0 Å². The average Bonchev–Trinajstić information content (AvgIpc) is 3.18. The maximum absolute atomic E-state index is 4.72. The van der Waals surface area contributed by atoms with Gasteiger partial charge >= 0.3 is 20.1 Å². The summed E-state index contributed by atoms with van der Waals surface area (Å²) in [7, 11) is 0. The van der Waals surface area contributed by atoms with Crippen LogP contribution in [0.15, 0.2) is 170 Å². The fourth-order valence-corrected chi connectivity index (χ4v) is 6.34. The van der Waals surface area contributed by atoms with Gasteiger partial charge in [-0.3, -0.25) is 15.0 Å². The van der Waals surface area contributed by atoms with Gasteiger partial charge in [-0.1, -0.05) is 54.6 Å². The van der Waals surface area contributed by atoms with Crippen LogP contribution < -0.4 is 0 Å². The molecule has 8 aromatic rings. The number of fused-ring (bicyclic) bond motifs is 2. The summed E-state index contributed by atoms with van der Waals surface area (Å²) in [5.41, 5.74) is 5.35. The van der Waals surface area contributed by atoms with Gasteiger partial charge in [0.2, 0.25) is 0 Å². The second kappa shape index (κ2) is 14.9. The number of hydrogen-bond acceptors (Lipinski definition) is 3. The topological polar surface area (TPSA) is 38.7 Å². The van der Waals surface area contributed by atoms with E-state index < -0.39 is 10.8 Å². The van der Waals surface area contributed by atoms with E-state index in [0.29, 0.717) is 0 Å². The van der Waals surface area contributed by atoms with Crippen molar-refractivity contribution in [2.45, 2.75) is 24.7 Å². The number of rotatable bonds is 6. The SMILES string of the molecule is CC(c1[c-]cc2ccccc2c1)(c1[c-]cc2ccccc2c1)c1ccccn1.CC(c1[c-]cccc1)(c1ccccn1)c1ccccn1.[Ir+3]. The summed E-state index contributed by atoms with van der Waals surface area (Å²) in [5, 5.41) is 4.80. The Morgan fingerprint density at radius 2 is 0.816 bits per heavy atom. The number of aromatic nitrogens is 3. The van der Waals surface area contributed by atoms with Crippen molar-refractivity contribution < 1.29 is 20.1 Å². The first-order valence-electron chi connectivity index (χ1n) is 16.1. The molecule has 5 aromatic carbocycles. The molecule has 3 aromatic heterocycles. The molecule has 0 saturated carbocycles. The van der Waals surface area contributed by atoms with Crippen LogP contribution in [0.2, 0.25) is 0 Å². The Morgan fingerprint density at radius 1 is 0.408 bits per heavy atom. The maximum Gasteiger partial charge on any atom is 3.00 e. The second-order valence-corrected chi connectivity index (χ2v) is 12.1. The van der Waals surface area contributed by atoms with Gasteiger partial charge in [0.15, 0.2) is 0 Å². The molecule has 0 fully saturated rings. The first kappa shape index (κ1) is 33.6. The minimum Gasteiger partial charge on any atom is -0.260 e. The van der Waals surface area contributed by atoms with E-state index >= 15 is 0 Å². The Labute approximate surface area is 302 Å². The summed E-state index contributed by atoms with van der Waals surface area (Å²) in [5.74, 6) is 0. The Kier molecular flexibility index (Phi) is 10.2. The summed E-state index contributed by atoms with van der Waals surface area (Å²) in [6, 6.07) is 61.9. The van der Waals surface area contributed by atoms with Crippen molar-refractivity contribution in [2.24, 2.45) is 0 Å². The van der Waals surface area contributed by atoms with Crippen molar-refractivity contribution >= 4 is 21.5 Å². The largest absolute Gasteiger partial charge is 3.00 e. The van der Waals surface area contributed by atoms with Crippen LogP contribution in [0.5, 0.6) is 0 Å². The van der Waals surface area contributed by atoms with Crippen LogP contribution in [0.1, 0.15) is 47.6 Å². The van der Waals surface area contributed by atoms with Crippen LogP contribution in [-0.2, 0) is 30.9 Å². The summed E-state index contributed by atoms with van der Waals surface area (Å²) >= 11 is 0. The molecule has 0 N–H and O–H groups in total. The third-order valence-electron chi connectivity index (χ3n) is 9.21.